The summed E-state index contributed by atoms with van der Waals surface area (Å²) in [7, 11) is -2.96. The lowest BCUT2D eigenvalue weighted by atomic mass is 10.2. The number of terminal acetylenes is 1. The molecule has 0 saturated heterocycles. The van der Waals surface area contributed by atoms with Gasteiger partial charge in [0.25, 0.3) is 10.0 Å². The van der Waals surface area contributed by atoms with Gasteiger partial charge in [0.15, 0.2) is 0 Å². The van der Waals surface area contributed by atoms with E-state index in [4.69, 9.17) is 23.1 Å². The maximum absolute atomic E-state index is 13.6. The zero-order valence-electron chi connectivity index (χ0n) is 12.3. The second-order valence-corrected chi connectivity index (χ2v) is 7.08. The van der Waals surface area contributed by atoms with E-state index in [1.54, 1.807) is 12.1 Å². The molecule has 1 N–H and O–H groups in total. The molecule has 2 aromatic carbocycles. The van der Waals surface area contributed by atoms with Gasteiger partial charge in [0.1, 0.15) is 10.7 Å². The van der Waals surface area contributed by atoms with Crippen LogP contribution in [0, 0.1) is 18.2 Å². The van der Waals surface area contributed by atoms with E-state index in [-0.39, 0.29) is 5.69 Å². The number of aromatic carboxylic acids is 1. The highest BCUT2D eigenvalue weighted by Gasteiger charge is 2.27. The van der Waals surface area contributed by atoms with Crippen LogP contribution in [0.25, 0.3) is 0 Å². The zero-order chi connectivity index (χ0) is 18.1. The highest BCUT2D eigenvalue weighted by atomic mass is 35.5. The molecule has 0 aliphatic rings. The van der Waals surface area contributed by atoms with Crippen molar-refractivity contribution in [3.8, 4) is 12.3 Å². The molecule has 0 bridgehead atoms. The van der Waals surface area contributed by atoms with Gasteiger partial charge in [0, 0.05) is 12.6 Å². The summed E-state index contributed by atoms with van der Waals surface area (Å²) in [6, 6.07) is 7.52. The Kier molecular flexibility index (Phi) is 4.83. The summed E-state index contributed by atoms with van der Waals surface area (Å²) in [5.74, 6) is -0.340. The predicted molar refractivity (Wildman–Crippen MR) is 88.3 cm³/mol. The van der Waals surface area contributed by atoms with Gasteiger partial charge in [-0.15, -0.1) is 6.42 Å². The molecule has 0 aliphatic heterocycles. The van der Waals surface area contributed by atoms with Gasteiger partial charge in [-0.3, -0.25) is 4.31 Å². The summed E-state index contributed by atoms with van der Waals surface area (Å²) in [5, 5.41) is 8.54. The number of halogens is 2. The van der Waals surface area contributed by atoms with Gasteiger partial charge in [0.05, 0.1) is 16.3 Å². The van der Waals surface area contributed by atoms with E-state index in [2.05, 4.69) is 5.92 Å². The molecule has 0 unspecified atom stereocenters. The number of rotatable bonds is 4. The first-order valence-corrected chi connectivity index (χ1v) is 8.28. The van der Waals surface area contributed by atoms with Gasteiger partial charge in [-0.25, -0.2) is 17.6 Å². The second kappa shape index (κ2) is 6.51. The van der Waals surface area contributed by atoms with Crippen molar-refractivity contribution in [2.24, 2.45) is 0 Å². The van der Waals surface area contributed by atoms with E-state index in [1.165, 1.54) is 19.2 Å². The molecule has 124 valence electrons. The fraction of sp³-hybridized carbons (Fsp3) is 0.0625. The van der Waals surface area contributed by atoms with Crippen LogP contribution in [0.2, 0.25) is 5.02 Å². The Bertz CT molecular complexity index is 967. The average molecular weight is 368 g/mol. The van der Waals surface area contributed by atoms with Gasteiger partial charge >= 0.3 is 5.97 Å². The van der Waals surface area contributed by atoms with E-state index in [1.807, 2.05) is 0 Å². The normalized spacial score (nSPS) is 10.9. The first-order valence-electron chi connectivity index (χ1n) is 6.46. The van der Waals surface area contributed by atoms with Crippen LogP contribution in [0.5, 0.6) is 0 Å². The molecule has 5 nitrogen and oxygen atoms in total. The van der Waals surface area contributed by atoms with Crippen LogP contribution >= 0.6 is 11.6 Å². The molecule has 0 aromatic heterocycles. The highest BCUT2D eigenvalue weighted by Crippen LogP contribution is 2.30. The lowest BCUT2D eigenvalue weighted by Crippen LogP contribution is -2.27. The number of carbonyl (C=O) groups is 1. The summed E-state index contributed by atoms with van der Waals surface area (Å²) >= 11 is 5.81. The zero-order valence-corrected chi connectivity index (χ0v) is 13.9. The number of hydrogen-bond donors (Lipinski definition) is 1. The third kappa shape index (κ3) is 3.20. The van der Waals surface area contributed by atoms with Crippen LogP contribution in [0.4, 0.5) is 10.1 Å². The van der Waals surface area contributed by atoms with Crippen LogP contribution in [0.1, 0.15) is 15.9 Å². The molecular formula is C16H11ClFNO4S. The fourth-order valence-corrected chi connectivity index (χ4v) is 3.67. The number of sulfonamides is 1. The minimum Gasteiger partial charge on any atom is -0.478 e. The van der Waals surface area contributed by atoms with E-state index in [0.717, 1.165) is 4.31 Å². The molecule has 0 fully saturated rings. The molecule has 24 heavy (non-hydrogen) atoms. The molecule has 0 radical (unpaired) electrons. The summed E-state index contributed by atoms with van der Waals surface area (Å²) in [6.45, 7) is 0. The lowest BCUT2D eigenvalue weighted by Gasteiger charge is -2.20. The minimum absolute atomic E-state index is 0.253. The van der Waals surface area contributed by atoms with Crippen LogP contribution in [0.15, 0.2) is 41.3 Å². The number of carboxylic acids is 1. The van der Waals surface area contributed by atoms with Crippen molar-refractivity contribution in [2.45, 2.75) is 4.90 Å². The van der Waals surface area contributed by atoms with Crippen molar-refractivity contribution >= 4 is 33.3 Å². The van der Waals surface area contributed by atoms with Crippen molar-refractivity contribution in [1.82, 2.24) is 0 Å². The molecule has 0 saturated carbocycles. The Morgan fingerprint density at radius 1 is 1.33 bits per heavy atom. The Morgan fingerprint density at radius 3 is 2.58 bits per heavy atom. The first kappa shape index (κ1) is 17.8. The largest absolute Gasteiger partial charge is 0.478 e. The van der Waals surface area contributed by atoms with Crippen molar-refractivity contribution in [2.75, 3.05) is 11.4 Å². The quantitative estimate of drug-likeness (QED) is 0.843. The molecule has 0 atom stereocenters. The maximum Gasteiger partial charge on any atom is 0.338 e. The summed E-state index contributed by atoms with van der Waals surface area (Å²) in [6.07, 6.45) is 5.29. The van der Waals surface area contributed by atoms with Crippen LogP contribution < -0.4 is 4.31 Å². The SMILES string of the molecule is C#Cc1cccc(N(C)S(=O)(=O)c2cc(C(=O)O)c(F)cc2Cl)c1. The Balaban J connectivity index is 2.60. The summed E-state index contributed by atoms with van der Waals surface area (Å²) < 4.78 is 39.9. The lowest BCUT2D eigenvalue weighted by molar-refractivity contribution is 0.0691. The Morgan fingerprint density at radius 2 is 2.00 bits per heavy atom. The smallest absolute Gasteiger partial charge is 0.338 e. The van der Waals surface area contributed by atoms with Crippen molar-refractivity contribution in [3.63, 3.8) is 0 Å². The number of nitrogens with zero attached hydrogens (tertiary/aromatic N) is 1. The topological polar surface area (TPSA) is 74.7 Å². The second-order valence-electron chi connectivity index (χ2n) is 4.73. The van der Waals surface area contributed by atoms with Crippen LogP contribution in [-0.4, -0.2) is 26.5 Å². The fourth-order valence-electron chi connectivity index (χ4n) is 1.97. The molecule has 8 heteroatoms. The van der Waals surface area contributed by atoms with E-state index in [0.29, 0.717) is 17.7 Å². The molecule has 2 rings (SSSR count). The number of anilines is 1. The van der Waals surface area contributed by atoms with Crippen molar-refractivity contribution in [3.05, 3.63) is 58.4 Å². The van der Waals surface area contributed by atoms with Gasteiger partial charge in [-0.1, -0.05) is 23.6 Å². The van der Waals surface area contributed by atoms with Gasteiger partial charge < -0.3 is 5.11 Å². The Hall–Kier alpha value is -2.56. The third-order valence-corrected chi connectivity index (χ3v) is 5.52. The number of benzene rings is 2. The van der Waals surface area contributed by atoms with Gasteiger partial charge in [0.2, 0.25) is 0 Å². The van der Waals surface area contributed by atoms with E-state index in [9.17, 15) is 17.6 Å². The van der Waals surface area contributed by atoms with Gasteiger partial charge in [-0.2, -0.15) is 0 Å². The Labute approximate surface area is 143 Å². The highest BCUT2D eigenvalue weighted by molar-refractivity contribution is 7.93. The molecule has 2 aromatic rings. The van der Waals surface area contributed by atoms with Crippen molar-refractivity contribution in [1.29, 1.82) is 0 Å². The van der Waals surface area contributed by atoms with E-state index >= 15 is 0 Å². The predicted octanol–water partition coefficient (Wildman–Crippen LogP) is 2.98. The molecule has 0 amide bonds. The number of carboxylic acid groups (broad SMARTS) is 1. The molecule has 0 heterocycles. The third-order valence-electron chi connectivity index (χ3n) is 3.27. The van der Waals surface area contributed by atoms with E-state index < -0.39 is 37.3 Å². The van der Waals surface area contributed by atoms with Crippen LogP contribution in [0.3, 0.4) is 0 Å². The standard InChI is InChI=1S/C16H11ClFNO4S/c1-3-10-5-4-6-11(7-10)19(2)24(22,23)15-8-12(16(20)21)14(18)9-13(15)17/h1,4-9H,2H3,(H,20,21). The van der Waals surface area contributed by atoms with Crippen molar-refractivity contribution < 1.29 is 22.7 Å². The summed E-state index contributed by atoms with van der Waals surface area (Å²) in [4.78, 5) is 10.5. The maximum atomic E-state index is 13.6. The number of hydrogen-bond acceptors (Lipinski definition) is 3. The molecule has 0 aliphatic carbocycles. The average Bonchev–Trinajstić information content (AvgIpc) is 2.53. The molecule has 0 spiro atoms. The monoisotopic (exact) mass is 367 g/mol. The minimum atomic E-state index is -4.22. The summed E-state index contributed by atoms with van der Waals surface area (Å²) in [5.41, 5.74) is -0.0718. The van der Waals surface area contributed by atoms with Gasteiger partial charge in [-0.05, 0) is 30.3 Å². The first-order chi connectivity index (χ1) is 11.2. The molecular weight excluding hydrogens is 357 g/mol. The van der Waals surface area contributed by atoms with Crippen LogP contribution in [-0.2, 0) is 10.0 Å².